The summed E-state index contributed by atoms with van der Waals surface area (Å²) in [6.45, 7) is 4.15. The average Bonchev–Trinajstić information content (AvgIpc) is 2.40. The Bertz CT molecular complexity index is 461. The molecule has 0 saturated carbocycles. The summed E-state index contributed by atoms with van der Waals surface area (Å²) < 4.78 is 0. The van der Waals surface area contributed by atoms with E-state index in [0.717, 1.165) is 31.9 Å². The van der Waals surface area contributed by atoms with Crippen LogP contribution in [0.1, 0.15) is 5.56 Å². The molecule has 0 N–H and O–H groups in total. The minimum absolute atomic E-state index is 0.506. The number of benzene rings is 1. The molecule has 2 rings (SSSR count). The predicted molar refractivity (Wildman–Crippen MR) is 65.4 cm³/mol. The fourth-order valence-electron chi connectivity index (χ4n) is 2.04. The summed E-state index contributed by atoms with van der Waals surface area (Å²) in [5, 5.41) is 17.5. The van der Waals surface area contributed by atoms with Gasteiger partial charge in [-0.2, -0.15) is 10.5 Å². The SMILES string of the molecule is N#CCN1CCN(c2cccc(C#N)c2)CC1. The van der Waals surface area contributed by atoms with Crippen molar-refractivity contribution in [3.05, 3.63) is 29.8 Å². The van der Waals surface area contributed by atoms with Crippen LogP contribution in [-0.4, -0.2) is 37.6 Å². The highest BCUT2D eigenvalue weighted by Crippen LogP contribution is 2.17. The second-order valence-electron chi connectivity index (χ2n) is 4.08. The van der Waals surface area contributed by atoms with Crippen LogP contribution in [0.3, 0.4) is 0 Å². The van der Waals surface area contributed by atoms with Gasteiger partial charge in [-0.25, -0.2) is 0 Å². The summed E-state index contributed by atoms with van der Waals surface area (Å²) in [5.41, 5.74) is 1.79. The molecule has 0 spiro atoms. The molecule has 4 nitrogen and oxygen atoms in total. The highest BCUT2D eigenvalue weighted by molar-refractivity contribution is 5.51. The predicted octanol–water partition coefficient (Wildman–Crippen LogP) is 1.20. The fourth-order valence-corrected chi connectivity index (χ4v) is 2.04. The van der Waals surface area contributed by atoms with Crippen molar-refractivity contribution in [1.29, 1.82) is 10.5 Å². The van der Waals surface area contributed by atoms with Gasteiger partial charge in [-0.1, -0.05) is 6.07 Å². The topological polar surface area (TPSA) is 54.1 Å². The van der Waals surface area contributed by atoms with Gasteiger partial charge >= 0.3 is 0 Å². The maximum absolute atomic E-state index is 8.86. The van der Waals surface area contributed by atoms with E-state index in [1.54, 1.807) is 0 Å². The van der Waals surface area contributed by atoms with E-state index in [-0.39, 0.29) is 0 Å². The van der Waals surface area contributed by atoms with Gasteiger partial charge in [0.2, 0.25) is 0 Å². The molecule has 1 aromatic rings. The van der Waals surface area contributed by atoms with E-state index in [1.807, 2.05) is 24.3 Å². The van der Waals surface area contributed by atoms with Crippen LogP contribution in [0.15, 0.2) is 24.3 Å². The van der Waals surface area contributed by atoms with Crippen molar-refractivity contribution < 1.29 is 0 Å². The molecule has 1 heterocycles. The van der Waals surface area contributed by atoms with E-state index in [2.05, 4.69) is 21.9 Å². The van der Waals surface area contributed by atoms with Gasteiger partial charge in [-0.05, 0) is 18.2 Å². The van der Waals surface area contributed by atoms with Crippen LogP contribution in [0.25, 0.3) is 0 Å². The van der Waals surface area contributed by atoms with Gasteiger partial charge in [-0.3, -0.25) is 4.90 Å². The number of nitrogens with zero attached hydrogens (tertiary/aromatic N) is 4. The maximum atomic E-state index is 8.86. The van der Waals surface area contributed by atoms with Crippen LogP contribution in [-0.2, 0) is 0 Å². The van der Waals surface area contributed by atoms with Crippen LogP contribution < -0.4 is 4.90 Å². The monoisotopic (exact) mass is 226 g/mol. The minimum Gasteiger partial charge on any atom is -0.369 e. The lowest BCUT2D eigenvalue weighted by molar-refractivity contribution is 0.287. The van der Waals surface area contributed by atoms with Crippen LogP contribution >= 0.6 is 0 Å². The van der Waals surface area contributed by atoms with Crippen LogP contribution in [0.2, 0.25) is 0 Å². The van der Waals surface area contributed by atoms with E-state index >= 15 is 0 Å². The normalized spacial score (nSPS) is 16.2. The number of anilines is 1. The molecule has 0 aromatic heterocycles. The lowest BCUT2D eigenvalue weighted by Crippen LogP contribution is -2.46. The van der Waals surface area contributed by atoms with Crippen LogP contribution in [0.4, 0.5) is 5.69 Å². The molecule has 1 aliphatic rings. The molecule has 86 valence electrons. The Kier molecular flexibility index (Phi) is 3.59. The molecular formula is C13H14N4. The molecule has 1 fully saturated rings. The molecule has 1 aliphatic heterocycles. The Morgan fingerprint density at radius 1 is 1.12 bits per heavy atom. The van der Waals surface area contributed by atoms with E-state index in [9.17, 15) is 0 Å². The Morgan fingerprint density at radius 2 is 1.88 bits per heavy atom. The Labute approximate surface area is 101 Å². The van der Waals surface area contributed by atoms with Gasteiger partial charge in [0, 0.05) is 31.9 Å². The van der Waals surface area contributed by atoms with E-state index in [0.29, 0.717) is 12.1 Å². The number of piperazine rings is 1. The zero-order chi connectivity index (χ0) is 12.1. The van der Waals surface area contributed by atoms with E-state index in [1.165, 1.54) is 0 Å². The zero-order valence-corrected chi connectivity index (χ0v) is 9.63. The Morgan fingerprint density at radius 3 is 2.53 bits per heavy atom. The molecule has 4 heteroatoms. The van der Waals surface area contributed by atoms with E-state index in [4.69, 9.17) is 10.5 Å². The summed E-state index contributed by atoms with van der Waals surface area (Å²) in [7, 11) is 0. The lowest BCUT2D eigenvalue weighted by Gasteiger charge is -2.34. The second-order valence-corrected chi connectivity index (χ2v) is 4.08. The third-order valence-electron chi connectivity index (χ3n) is 3.01. The van der Waals surface area contributed by atoms with Crippen molar-refractivity contribution in [3.8, 4) is 12.1 Å². The first kappa shape index (κ1) is 11.4. The first-order valence-electron chi connectivity index (χ1n) is 5.68. The molecule has 1 saturated heterocycles. The quantitative estimate of drug-likeness (QED) is 0.711. The number of nitriles is 2. The van der Waals surface area contributed by atoms with E-state index < -0.39 is 0 Å². The van der Waals surface area contributed by atoms with Gasteiger partial charge in [0.25, 0.3) is 0 Å². The number of hydrogen-bond donors (Lipinski definition) is 0. The molecule has 0 amide bonds. The first-order chi connectivity index (χ1) is 8.33. The van der Waals surface area contributed by atoms with Crippen molar-refractivity contribution >= 4 is 5.69 Å². The summed E-state index contributed by atoms with van der Waals surface area (Å²) in [6, 6.07) is 12.0. The smallest absolute Gasteiger partial charge is 0.0992 e. The molecule has 1 aromatic carbocycles. The van der Waals surface area contributed by atoms with Crippen molar-refractivity contribution in [2.24, 2.45) is 0 Å². The standard InChI is InChI=1S/C13H14N4/c14-4-5-16-6-8-17(9-7-16)13-3-1-2-12(10-13)11-15/h1-3,10H,5-9H2. The lowest BCUT2D eigenvalue weighted by atomic mass is 10.2. The van der Waals surface area contributed by atoms with Gasteiger partial charge in [0.1, 0.15) is 0 Å². The zero-order valence-electron chi connectivity index (χ0n) is 9.63. The second kappa shape index (κ2) is 5.34. The number of rotatable bonds is 2. The summed E-state index contributed by atoms with van der Waals surface area (Å²) in [6.07, 6.45) is 0. The highest BCUT2D eigenvalue weighted by Gasteiger charge is 2.16. The van der Waals surface area contributed by atoms with Crippen LogP contribution in [0, 0.1) is 22.7 Å². The summed E-state index contributed by atoms with van der Waals surface area (Å²) >= 11 is 0. The fraction of sp³-hybridized carbons (Fsp3) is 0.385. The molecular weight excluding hydrogens is 212 g/mol. The summed E-state index contributed by atoms with van der Waals surface area (Å²) in [4.78, 5) is 4.40. The third-order valence-corrected chi connectivity index (χ3v) is 3.01. The largest absolute Gasteiger partial charge is 0.369 e. The highest BCUT2D eigenvalue weighted by atomic mass is 15.3. The van der Waals surface area contributed by atoms with Crippen LogP contribution in [0.5, 0.6) is 0 Å². The van der Waals surface area contributed by atoms with Crippen molar-refractivity contribution in [2.45, 2.75) is 0 Å². The molecule has 0 radical (unpaired) electrons. The van der Waals surface area contributed by atoms with Gasteiger partial charge in [-0.15, -0.1) is 0 Å². The van der Waals surface area contributed by atoms with Crippen molar-refractivity contribution in [1.82, 2.24) is 4.90 Å². The third kappa shape index (κ3) is 2.75. The average molecular weight is 226 g/mol. The molecule has 0 aliphatic carbocycles. The maximum Gasteiger partial charge on any atom is 0.0992 e. The number of hydrogen-bond acceptors (Lipinski definition) is 4. The first-order valence-corrected chi connectivity index (χ1v) is 5.68. The Balaban J connectivity index is 2.01. The molecule has 0 bridgehead atoms. The van der Waals surface area contributed by atoms with Gasteiger partial charge < -0.3 is 4.90 Å². The van der Waals surface area contributed by atoms with Crippen molar-refractivity contribution in [2.75, 3.05) is 37.6 Å². The molecule has 0 atom stereocenters. The van der Waals surface area contributed by atoms with Gasteiger partial charge in [0.05, 0.1) is 24.2 Å². The molecule has 0 unspecified atom stereocenters. The minimum atomic E-state index is 0.506. The van der Waals surface area contributed by atoms with Crippen molar-refractivity contribution in [3.63, 3.8) is 0 Å². The molecule has 17 heavy (non-hydrogen) atoms. The summed E-state index contributed by atoms with van der Waals surface area (Å²) in [5.74, 6) is 0. The van der Waals surface area contributed by atoms with Gasteiger partial charge in [0.15, 0.2) is 0 Å². The Hall–Kier alpha value is -2.04.